The van der Waals surface area contributed by atoms with Crippen molar-refractivity contribution in [3.8, 4) is 10.6 Å². The number of aryl methyl sites for hydroxylation is 1. The summed E-state index contributed by atoms with van der Waals surface area (Å²) in [6, 6.07) is 5.44. The zero-order chi connectivity index (χ0) is 12.4. The van der Waals surface area contributed by atoms with Gasteiger partial charge in [-0.1, -0.05) is 30.1 Å². The van der Waals surface area contributed by atoms with Crippen LogP contribution in [0.5, 0.6) is 0 Å². The molecule has 0 radical (unpaired) electrons. The van der Waals surface area contributed by atoms with Crippen molar-refractivity contribution in [2.75, 3.05) is 0 Å². The van der Waals surface area contributed by atoms with Crippen molar-refractivity contribution in [2.24, 2.45) is 5.73 Å². The fourth-order valence-corrected chi connectivity index (χ4v) is 3.22. The van der Waals surface area contributed by atoms with Crippen LogP contribution in [-0.2, 0) is 13.0 Å². The van der Waals surface area contributed by atoms with Gasteiger partial charge in [-0.2, -0.15) is 0 Å². The summed E-state index contributed by atoms with van der Waals surface area (Å²) < 4.78 is 0. The fourth-order valence-electron chi connectivity index (χ4n) is 1.60. The van der Waals surface area contributed by atoms with Crippen molar-refractivity contribution >= 4 is 34.5 Å². The van der Waals surface area contributed by atoms with Gasteiger partial charge >= 0.3 is 0 Å². The quantitative estimate of drug-likeness (QED) is 0.921. The number of aromatic nitrogens is 1. The molecule has 0 saturated heterocycles. The lowest BCUT2D eigenvalue weighted by Crippen LogP contribution is -1.96. The van der Waals surface area contributed by atoms with Crippen molar-refractivity contribution in [1.82, 2.24) is 4.98 Å². The maximum atomic E-state index is 6.16. The van der Waals surface area contributed by atoms with Crippen molar-refractivity contribution in [3.63, 3.8) is 0 Å². The molecule has 0 bridgehead atoms. The first-order valence-corrected chi connectivity index (χ1v) is 6.87. The second-order valence-electron chi connectivity index (χ2n) is 3.57. The highest BCUT2D eigenvalue weighted by Crippen LogP contribution is 2.34. The van der Waals surface area contributed by atoms with E-state index >= 15 is 0 Å². The predicted molar refractivity (Wildman–Crippen MR) is 74.8 cm³/mol. The van der Waals surface area contributed by atoms with E-state index in [-0.39, 0.29) is 0 Å². The Kier molecular flexibility index (Phi) is 4.05. The monoisotopic (exact) mass is 286 g/mol. The highest BCUT2D eigenvalue weighted by atomic mass is 35.5. The van der Waals surface area contributed by atoms with Crippen LogP contribution in [-0.4, -0.2) is 4.98 Å². The Labute approximate surface area is 114 Å². The number of hydrogen-bond donors (Lipinski definition) is 1. The van der Waals surface area contributed by atoms with Crippen LogP contribution in [0.1, 0.15) is 17.5 Å². The molecule has 0 saturated carbocycles. The number of nitrogens with two attached hydrogens (primary N) is 1. The van der Waals surface area contributed by atoms with Crippen molar-refractivity contribution < 1.29 is 0 Å². The molecule has 2 nitrogen and oxygen atoms in total. The SMILES string of the molecule is CCc1nc(-c2ccc(Cl)cc2Cl)sc1CN. The summed E-state index contributed by atoms with van der Waals surface area (Å²) in [5.41, 5.74) is 7.66. The molecule has 0 atom stereocenters. The van der Waals surface area contributed by atoms with E-state index in [0.29, 0.717) is 16.6 Å². The van der Waals surface area contributed by atoms with Gasteiger partial charge in [-0.3, -0.25) is 0 Å². The van der Waals surface area contributed by atoms with E-state index in [4.69, 9.17) is 28.9 Å². The third-order valence-electron chi connectivity index (χ3n) is 2.46. The third kappa shape index (κ3) is 2.63. The highest BCUT2D eigenvalue weighted by Gasteiger charge is 2.12. The lowest BCUT2D eigenvalue weighted by molar-refractivity contribution is 0.989. The molecule has 1 aromatic heterocycles. The molecule has 1 heterocycles. The summed E-state index contributed by atoms with van der Waals surface area (Å²) in [5, 5.41) is 2.16. The second kappa shape index (κ2) is 5.36. The summed E-state index contributed by atoms with van der Waals surface area (Å²) in [6.07, 6.45) is 0.883. The minimum absolute atomic E-state index is 0.520. The van der Waals surface area contributed by atoms with Crippen LogP contribution < -0.4 is 5.73 Å². The summed E-state index contributed by atoms with van der Waals surface area (Å²) in [6.45, 7) is 2.59. The van der Waals surface area contributed by atoms with E-state index in [0.717, 1.165) is 27.6 Å². The van der Waals surface area contributed by atoms with Crippen LogP contribution in [0.15, 0.2) is 18.2 Å². The molecule has 0 aliphatic heterocycles. The number of nitrogens with zero attached hydrogens (tertiary/aromatic N) is 1. The average molecular weight is 287 g/mol. The standard InChI is InChI=1S/C12H12Cl2N2S/c1-2-10-11(6-15)17-12(16-10)8-4-3-7(13)5-9(8)14/h3-5H,2,6,15H2,1H3. The van der Waals surface area contributed by atoms with Crippen LogP contribution in [0.3, 0.4) is 0 Å². The highest BCUT2D eigenvalue weighted by molar-refractivity contribution is 7.15. The van der Waals surface area contributed by atoms with Crippen LogP contribution in [0.2, 0.25) is 10.0 Å². The molecule has 0 aliphatic rings. The molecular weight excluding hydrogens is 275 g/mol. The van der Waals surface area contributed by atoms with Crippen molar-refractivity contribution in [3.05, 3.63) is 38.8 Å². The van der Waals surface area contributed by atoms with E-state index in [9.17, 15) is 0 Å². The van der Waals surface area contributed by atoms with Gasteiger partial charge in [0.1, 0.15) is 5.01 Å². The molecule has 0 amide bonds. The Morgan fingerprint density at radius 3 is 2.65 bits per heavy atom. The molecule has 90 valence electrons. The van der Waals surface area contributed by atoms with Gasteiger partial charge in [-0.15, -0.1) is 11.3 Å². The molecule has 0 fully saturated rings. The van der Waals surface area contributed by atoms with E-state index in [1.54, 1.807) is 17.4 Å². The van der Waals surface area contributed by atoms with E-state index in [1.165, 1.54) is 0 Å². The van der Waals surface area contributed by atoms with Crippen LogP contribution in [0, 0.1) is 0 Å². The lowest BCUT2D eigenvalue weighted by atomic mass is 10.2. The smallest absolute Gasteiger partial charge is 0.125 e. The number of hydrogen-bond acceptors (Lipinski definition) is 3. The summed E-state index contributed by atoms with van der Waals surface area (Å²) in [7, 11) is 0. The lowest BCUT2D eigenvalue weighted by Gasteiger charge is -2.00. The van der Waals surface area contributed by atoms with Crippen LogP contribution in [0.4, 0.5) is 0 Å². The Hall–Kier alpha value is -0.610. The van der Waals surface area contributed by atoms with Crippen molar-refractivity contribution in [1.29, 1.82) is 0 Å². The average Bonchev–Trinajstić information content (AvgIpc) is 2.72. The first-order chi connectivity index (χ1) is 8.15. The number of benzene rings is 1. The number of halogens is 2. The Morgan fingerprint density at radius 1 is 1.35 bits per heavy atom. The normalized spacial score (nSPS) is 10.8. The number of thiazole rings is 1. The molecule has 17 heavy (non-hydrogen) atoms. The van der Waals surface area contributed by atoms with Crippen molar-refractivity contribution in [2.45, 2.75) is 19.9 Å². The van der Waals surface area contributed by atoms with Gasteiger partial charge in [-0.05, 0) is 24.6 Å². The third-order valence-corrected chi connectivity index (χ3v) is 4.16. The van der Waals surface area contributed by atoms with Gasteiger partial charge in [-0.25, -0.2) is 4.98 Å². The number of rotatable bonds is 3. The molecule has 2 N–H and O–H groups in total. The van der Waals surface area contributed by atoms with E-state index in [2.05, 4.69) is 11.9 Å². The molecule has 0 spiro atoms. The Morgan fingerprint density at radius 2 is 2.12 bits per heavy atom. The van der Waals surface area contributed by atoms with Gasteiger partial charge < -0.3 is 5.73 Å². The van der Waals surface area contributed by atoms with E-state index in [1.807, 2.05) is 12.1 Å². The molecule has 0 aliphatic carbocycles. The van der Waals surface area contributed by atoms with Gasteiger partial charge in [0.15, 0.2) is 0 Å². The molecule has 1 aromatic carbocycles. The maximum absolute atomic E-state index is 6.16. The zero-order valence-corrected chi connectivity index (χ0v) is 11.7. The fraction of sp³-hybridized carbons (Fsp3) is 0.250. The van der Waals surface area contributed by atoms with Gasteiger partial charge in [0.25, 0.3) is 0 Å². The molecular formula is C12H12Cl2N2S. The van der Waals surface area contributed by atoms with Gasteiger partial charge in [0.2, 0.25) is 0 Å². The largest absolute Gasteiger partial charge is 0.326 e. The summed E-state index contributed by atoms with van der Waals surface area (Å²) >= 11 is 13.6. The topological polar surface area (TPSA) is 38.9 Å². The predicted octanol–water partition coefficient (Wildman–Crippen LogP) is 4.14. The minimum atomic E-state index is 0.520. The second-order valence-corrected chi connectivity index (χ2v) is 5.50. The minimum Gasteiger partial charge on any atom is -0.326 e. The first-order valence-electron chi connectivity index (χ1n) is 5.29. The molecule has 5 heteroatoms. The maximum Gasteiger partial charge on any atom is 0.125 e. The molecule has 2 rings (SSSR count). The van der Waals surface area contributed by atoms with Gasteiger partial charge in [0, 0.05) is 22.0 Å². The van der Waals surface area contributed by atoms with Crippen LogP contribution >= 0.6 is 34.5 Å². The zero-order valence-electron chi connectivity index (χ0n) is 9.34. The molecule has 0 unspecified atom stereocenters. The van der Waals surface area contributed by atoms with Gasteiger partial charge in [0.05, 0.1) is 10.7 Å². The Bertz CT molecular complexity index is 516. The Balaban J connectivity index is 2.49. The summed E-state index contributed by atoms with van der Waals surface area (Å²) in [4.78, 5) is 5.69. The summed E-state index contributed by atoms with van der Waals surface area (Å²) in [5.74, 6) is 0. The van der Waals surface area contributed by atoms with E-state index < -0.39 is 0 Å². The molecule has 2 aromatic rings. The van der Waals surface area contributed by atoms with Crippen LogP contribution in [0.25, 0.3) is 10.6 Å². The first kappa shape index (κ1) is 12.8.